The zero-order valence-corrected chi connectivity index (χ0v) is 12.3. The summed E-state index contributed by atoms with van der Waals surface area (Å²) in [4.78, 5) is 32.9. The molecule has 0 aliphatic rings. The number of nitro benzene ring substituents is 1. The van der Waals surface area contributed by atoms with Crippen LogP contribution in [0.4, 0.5) is 5.69 Å². The first-order valence-electron chi connectivity index (χ1n) is 5.38. The number of benzene rings is 1. The van der Waals surface area contributed by atoms with Crippen LogP contribution in [0.1, 0.15) is 16.8 Å². The van der Waals surface area contributed by atoms with E-state index < -0.39 is 10.8 Å². The maximum atomic E-state index is 11.8. The maximum absolute atomic E-state index is 11.8. The van der Waals surface area contributed by atoms with Crippen LogP contribution in [0.25, 0.3) is 0 Å². The van der Waals surface area contributed by atoms with Crippen LogP contribution < -0.4 is 10.6 Å². The molecule has 0 aromatic heterocycles. The van der Waals surface area contributed by atoms with E-state index in [9.17, 15) is 19.7 Å². The number of halogens is 1. The predicted molar refractivity (Wildman–Crippen MR) is 76.8 cm³/mol. The highest BCUT2D eigenvalue weighted by Gasteiger charge is 2.15. The fourth-order valence-electron chi connectivity index (χ4n) is 1.31. The highest BCUT2D eigenvalue weighted by Crippen LogP contribution is 2.19. The molecule has 0 saturated heterocycles. The van der Waals surface area contributed by atoms with Crippen molar-refractivity contribution in [1.29, 1.82) is 0 Å². The Morgan fingerprint density at radius 3 is 2.68 bits per heavy atom. The van der Waals surface area contributed by atoms with E-state index in [4.69, 9.17) is 0 Å². The third-order valence-corrected chi connectivity index (χ3v) is 3.26. The van der Waals surface area contributed by atoms with Gasteiger partial charge in [-0.15, -0.1) is 0 Å². The van der Waals surface area contributed by atoms with Gasteiger partial charge in [-0.05, 0) is 28.7 Å². The molecular weight excluding hydrogens is 365 g/mol. The molecule has 0 heterocycles. The lowest BCUT2D eigenvalue weighted by atomic mass is 10.2. The van der Waals surface area contributed by atoms with E-state index in [2.05, 4.69) is 10.6 Å². The maximum Gasteiger partial charge on any atom is 0.270 e. The third-order valence-electron chi connectivity index (χ3n) is 2.32. The molecule has 7 nitrogen and oxygen atoms in total. The van der Waals surface area contributed by atoms with Gasteiger partial charge >= 0.3 is 0 Å². The molecular formula is C11H12IN3O4. The van der Waals surface area contributed by atoms with Crippen molar-refractivity contribution in [3.05, 3.63) is 37.4 Å². The quantitative estimate of drug-likeness (QED) is 0.455. The Morgan fingerprint density at radius 2 is 2.11 bits per heavy atom. The average molecular weight is 377 g/mol. The molecule has 102 valence electrons. The minimum atomic E-state index is -0.558. The van der Waals surface area contributed by atoms with Gasteiger partial charge in [-0.2, -0.15) is 0 Å². The second-order valence-corrected chi connectivity index (χ2v) is 4.76. The lowest BCUT2D eigenvalue weighted by molar-refractivity contribution is -0.384. The summed E-state index contributed by atoms with van der Waals surface area (Å²) in [6.45, 7) is 0.178. The van der Waals surface area contributed by atoms with Crippen molar-refractivity contribution in [2.45, 2.75) is 6.42 Å². The first-order chi connectivity index (χ1) is 8.95. The second kappa shape index (κ2) is 7.02. The molecule has 0 unspecified atom stereocenters. The molecule has 19 heavy (non-hydrogen) atoms. The van der Waals surface area contributed by atoms with Crippen LogP contribution in [-0.4, -0.2) is 30.3 Å². The van der Waals surface area contributed by atoms with Gasteiger partial charge in [0.2, 0.25) is 5.91 Å². The topological polar surface area (TPSA) is 101 Å². The molecule has 0 spiro atoms. The molecule has 0 radical (unpaired) electrons. The van der Waals surface area contributed by atoms with Gasteiger partial charge in [0.25, 0.3) is 11.6 Å². The fourth-order valence-corrected chi connectivity index (χ4v) is 1.89. The number of non-ortho nitro benzene ring substituents is 1. The van der Waals surface area contributed by atoms with Crippen molar-refractivity contribution in [2.75, 3.05) is 13.6 Å². The van der Waals surface area contributed by atoms with E-state index >= 15 is 0 Å². The molecule has 2 amide bonds. The van der Waals surface area contributed by atoms with E-state index in [1.807, 2.05) is 22.6 Å². The Hall–Kier alpha value is -1.71. The summed E-state index contributed by atoms with van der Waals surface area (Å²) in [5, 5.41) is 15.6. The van der Waals surface area contributed by atoms with Crippen LogP contribution in [0, 0.1) is 13.7 Å². The molecule has 2 N–H and O–H groups in total. The summed E-state index contributed by atoms with van der Waals surface area (Å²) in [6.07, 6.45) is 0.160. The molecule has 8 heteroatoms. The number of nitrogens with one attached hydrogen (secondary N) is 2. The molecule has 0 saturated carbocycles. The number of nitrogens with zero attached hydrogens (tertiary/aromatic N) is 1. The lowest BCUT2D eigenvalue weighted by Crippen LogP contribution is -2.29. The van der Waals surface area contributed by atoms with Crippen molar-refractivity contribution in [3.8, 4) is 0 Å². The fraction of sp³-hybridized carbons (Fsp3) is 0.273. The zero-order chi connectivity index (χ0) is 14.4. The zero-order valence-electron chi connectivity index (χ0n) is 10.1. The van der Waals surface area contributed by atoms with E-state index in [-0.39, 0.29) is 30.1 Å². The number of carbonyl (C=O) groups excluding carboxylic acids is 2. The van der Waals surface area contributed by atoms with Crippen molar-refractivity contribution in [1.82, 2.24) is 10.6 Å². The molecule has 0 aliphatic carbocycles. The van der Waals surface area contributed by atoms with Crippen molar-refractivity contribution in [2.24, 2.45) is 0 Å². The number of hydrogen-bond acceptors (Lipinski definition) is 4. The Kier molecular flexibility index (Phi) is 5.67. The summed E-state index contributed by atoms with van der Waals surface area (Å²) in [5.41, 5.74) is 0.0866. The Morgan fingerprint density at radius 1 is 1.42 bits per heavy atom. The standard InChI is InChI=1S/C11H12IN3O4/c1-13-10(16)4-5-14-11(17)8-6-7(15(18)19)2-3-9(8)12/h2-3,6H,4-5H2,1H3,(H,13,16)(H,14,17). The second-order valence-electron chi connectivity index (χ2n) is 3.60. The first-order valence-corrected chi connectivity index (χ1v) is 6.46. The van der Waals surface area contributed by atoms with Gasteiger partial charge < -0.3 is 10.6 Å². The smallest absolute Gasteiger partial charge is 0.270 e. The summed E-state index contributed by atoms with van der Waals surface area (Å²) in [6, 6.07) is 4.06. The minimum Gasteiger partial charge on any atom is -0.359 e. The van der Waals surface area contributed by atoms with Gasteiger partial charge in [-0.1, -0.05) is 0 Å². The molecule has 1 aromatic rings. The minimum absolute atomic E-state index is 0.142. The molecule has 1 aromatic carbocycles. The average Bonchev–Trinajstić information content (AvgIpc) is 2.38. The molecule has 0 bridgehead atoms. The molecule has 1 rings (SSSR count). The summed E-state index contributed by atoms with van der Waals surface area (Å²) < 4.78 is 0.612. The summed E-state index contributed by atoms with van der Waals surface area (Å²) >= 11 is 1.93. The van der Waals surface area contributed by atoms with Gasteiger partial charge in [0, 0.05) is 35.7 Å². The van der Waals surface area contributed by atoms with Crippen LogP contribution in [0.3, 0.4) is 0 Å². The normalized spacial score (nSPS) is 9.79. The monoisotopic (exact) mass is 377 g/mol. The number of rotatable bonds is 5. The molecule has 0 aliphatic heterocycles. The van der Waals surface area contributed by atoms with E-state index in [1.54, 1.807) is 0 Å². The highest BCUT2D eigenvalue weighted by molar-refractivity contribution is 14.1. The van der Waals surface area contributed by atoms with Crippen LogP contribution in [-0.2, 0) is 4.79 Å². The van der Waals surface area contributed by atoms with Gasteiger partial charge in [0.1, 0.15) is 0 Å². The largest absolute Gasteiger partial charge is 0.359 e. The van der Waals surface area contributed by atoms with Crippen molar-refractivity contribution >= 4 is 40.1 Å². The molecule has 0 atom stereocenters. The third kappa shape index (κ3) is 4.47. The SMILES string of the molecule is CNC(=O)CCNC(=O)c1cc([N+](=O)[O-])ccc1I. The van der Waals surface area contributed by atoms with Gasteiger partial charge in [-0.3, -0.25) is 19.7 Å². The van der Waals surface area contributed by atoms with E-state index in [0.717, 1.165) is 0 Å². The van der Waals surface area contributed by atoms with Crippen LogP contribution in [0.2, 0.25) is 0 Å². The van der Waals surface area contributed by atoms with Crippen LogP contribution >= 0.6 is 22.6 Å². The number of carbonyl (C=O) groups is 2. The molecule has 0 fully saturated rings. The summed E-state index contributed by atoms with van der Waals surface area (Å²) in [5.74, 6) is -0.619. The van der Waals surface area contributed by atoms with Gasteiger partial charge in [0.15, 0.2) is 0 Å². The Labute approximate surface area is 123 Å². The predicted octanol–water partition coefficient (Wildman–Crippen LogP) is 1.07. The lowest BCUT2D eigenvalue weighted by Gasteiger charge is -2.06. The van der Waals surface area contributed by atoms with Crippen LogP contribution in [0.5, 0.6) is 0 Å². The first kappa shape index (κ1) is 15.3. The Balaban J connectivity index is 2.73. The number of amides is 2. The van der Waals surface area contributed by atoms with Crippen LogP contribution in [0.15, 0.2) is 18.2 Å². The summed E-state index contributed by atoms with van der Waals surface area (Å²) in [7, 11) is 1.51. The number of nitro groups is 1. The van der Waals surface area contributed by atoms with Gasteiger partial charge in [-0.25, -0.2) is 0 Å². The van der Waals surface area contributed by atoms with E-state index in [0.29, 0.717) is 3.57 Å². The van der Waals surface area contributed by atoms with Crippen molar-refractivity contribution < 1.29 is 14.5 Å². The Bertz CT molecular complexity index is 519. The highest BCUT2D eigenvalue weighted by atomic mass is 127. The van der Waals surface area contributed by atoms with Crippen molar-refractivity contribution in [3.63, 3.8) is 0 Å². The number of hydrogen-bond donors (Lipinski definition) is 2. The van der Waals surface area contributed by atoms with Gasteiger partial charge in [0.05, 0.1) is 10.5 Å². The van der Waals surface area contributed by atoms with E-state index in [1.165, 1.54) is 25.2 Å².